The molecule has 0 bridgehead atoms. The van der Waals surface area contributed by atoms with Crippen molar-refractivity contribution in [3.8, 4) is 0 Å². The predicted molar refractivity (Wildman–Crippen MR) is 66.4 cm³/mol. The normalized spacial score (nSPS) is 14.1. The van der Waals surface area contributed by atoms with E-state index in [1.807, 2.05) is 0 Å². The largest absolute Gasteiger partial charge is 0.234 e. The summed E-state index contributed by atoms with van der Waals surface area (Å²) in [6.07, 6.45) is 1.21. The molecule has 0 saturated heterocycles. The summed E-state index contributed by atoms with van der Waals surface area (Å²) in [5, 5.41) is 0. The Kier molecular flexibility index (Phi) is 4.67. The highest BCUT2D eigenvalue weighted by Gasteiger charge is 2.18. The van der Waals surface area contributed by atoms with Crippen molar-refractivity contribution in [2.75, 3.05) is 0 Å². The molecule has 0 aliphatic heterocycles. The van der Waals surface area contributed by atoms with Gasteiger partial charge >= 0.3 is 0 Å². The van der Waals surface area contributed by atoms with Crippen LogP contribution in [0.25, 0.3) is 0 Å². The number of benzene rings is 1. The van der Waals surface area contributed by atoms with Crippen LogP contribution in [0, 0.1) is 17.5 Å². The minimum absolute atomic E-state index is 0.0245. The van der Waals surface area contributed by atoms with Crippen molar-refractivity contribution in [1.29, 1.82) is 0 Å². The van der Waals surface area contributed by atoms with E-state index in [4.69, 9.17) is 0 Å². The van der Waals surface area contributed by atoms with Gasteiger partial charge in [0.05, 0.1) is 4.75 Å². The molecule has 1 aromatic rings. The second-order valence-electron chi connectivity index (χ2n) is 4.71. The molecule has 0 N–H and O–H groups in total. The molecule has 0 spiro atoms. The zero-order valence-electron chi connectivity index (χ0n) is 10.3. The third-order valence-corrected chi connectivity index (χ3v) is 3.48. The van der Waals surface area contributed by atoms with E-state index in [0.29, 0.717) is 6.07 Å². The first-order valence-corrected chi connectivity index (χ1v) is 6.40. The van der Waals surface area contributed by atoms with Gasteiger partial charge in [-0.1, -0.05) is 0 Å². The van der Waals surface area contributed by atoms with Crippen LogP contribution >= 0.6 is 0 Å². The summed E-state index contributed by atoms with van der Waals surface area (Å²) in [7, 11) is -1.45. The maximum atomic E-state index is 13.2. The lowest BCUT2D eigenvalue weighted by molar-refractivity contribution is 0.491. The van der Waals surface area contributed by atoms with E-state index in [2.05, 4.69) is 4.40 Å². The zero-order chi connectivity index (χ0) is 13.9. The van der Waals surface area contributed by atoms with Gasteiger partial charge in [0.2, 0.25) is 0 Å². The quantitative estimate of drug-likeness (QED) is 0.616. The van der Waals surface area contributed by atoms with Gasteiger partial charge in [-0.25, -0.2) is 17.4 Å². The molecule has 2 nitrogen and oxygen atoms in total. The maximum absolute atomic E-state index is 13.2. The molecule has 1 rings (SSSR count). The Morgan fingerprint density at radius 2 is 1.72 bits per heavy atom. The van der Waals surface area contributed by atoms with E-state index in [-0.39, 0.29) is 12.0 Å². The fourth-order valence-electron chi connectivity index (χ4n) is 1.08. The van der Waals surface area contributed by atoms with Gasteiger partial charge in [-0.2, -0.15) is 4.40 Å². The number of nitrogens with zero attached hydrogens (tertiary/aromatic N) is 1. The molecule has 0 heterocycles. The molecule has 18 heavy (non-hydrogen) atoms. The second kappa shape index (κ2) is 5.65. The fraction of sp³-hybridized carbons (Fsp3) is 0.417. The van der Waals surface area contributed by atoms with Crippen LogP contribution in [0.3, 0.4) is 0 Å². The molecule has 100 valence electrons. The van der Waals surface area contributed by atoms with Crippen molar-refractivity contribution < 1.29 is 17.4 Å². The molecule has 1 atom stereocenters. The Balaban J connectivity index is 2.79. The molecule has 0 amide bonds. The summed E-state index contributed by atoms with van der Waals surface area (Å²) in [6.45, 7) is 5.25. The second-order valence-corrected chi connectivity index (χ2v) is 6.65. The molecule has 0 radical (unpaired) electrons. The summed E-state index contributed by atoms with van der Waals surface area (Å²) in [5.74, 6) is -3.19. The SMILES string of the molecule is CC(C)(C)[S@@](=O)/N=C/Cc1cc(F)c(F)cc1F. The first-order valence-electron chi connectivity index (χ1n) is 5.30. The minimum atomic E-state index is -1.45. The number of halogens is 3. The average molecular weight is 277 g/mol. The van der Waals surface area contributed by atoms with E-state index in [1.165, 1.54) is 6.21 Å². The predicted octanol–water partition coefficient (Wildman–Crippen LogP) is 3.18. The Morgan fingerprint density at radius 3 is 2.28 bits per heavy atom. The van der Waals surface area contributed by atoms with Crippen LogP contribution < -0.4 is 0 Å². The van der Waals surface area contributed by atoms with Gasteiger partial charge in [0.1, 0.15) is 16.8 Å². The highest BCUT2D eigenvalue weighted by molar-refractivity contribution is 7.85. The van der Waals surface area contributed by atoms with E-state index in [0.717, 1.165) is 6.07 Å². The molecule has 0 saturated carbocycles. The van der Waals surface area contributed by atoms with E-state index >= 15 is 0 Å². The zero-order valence-corrected chi connectivity index (χ0v) is 11.2. The molecular formula is C12H14F3NOS. The van der Waals surface area contributed by atoms with Crippen LogP contribution in [-0.2, 0) is 17.4 Å². The van der Waals surface area contributed by atoms with Gasteiger partial charge in [-0.15, -0.1) is 0 Å². The van der Waals surface area contributed by atoms with Crippen LogP contribution in [0.5, 0.6) is 0 Å². The Labute approximate surface area is 107 Å². The molecule has 0 unspecified atom stereocenters. The lowest BCUT2D eigenvalue weighted by Gasteiger charge is -2.12. The van der Waals surface area contributed by atoms with E-state index in [9.17, 15) is 17.4 Å². The van der Waals surface area contributed by atoms with Crippen LogP contribution in [0.1, 0.15) is 26.3 Å². The first kappa shape index (κ1) is 14.9. The average Bonchev–Trinajstić information content (AvgIpc) is 2.23. The van der Waals surface area contributed by atoms with Gasteiger partial charge in [-0.05, 0) is 32.4 Å². The molecular weight excluding hydrogens is 263 g/mol. The van der Waals surface area contributed by atoms with Crippen LogP contribution in [0.15, 0.2) is 16.5 Å². The number of hydrogen-bond donors (Lipinski definition) is 0. The van der Waals surface area contributed by atoms with Crippen molar-refractivity contribution in [1.82, 2.24) is 0 Å². The summed E-state index contributed by atoms with van der Waals surface area (Å²) < 4.78 is 53.6. The minimum Gasteiger partial charge on any atom is -0.234 e. The van der Waals surface area contributed by atoms with Crippen LogP contribution in [0.2, 0.25) is 0 Å². The topological polar surface area (TPSA) is 29.4 Å². The lowest BCUT2D eigenvalue weighted by atomic mass is 10.1. The van der Waals surface area contributed by atoms with Gasteiger partial charge in [0.25, 0.3) is 0 Å². The molecule has 0 aliphatic rings. The summed E-state index contributed by atoms with van der Waals surface area (Å²) in [5.41, 5.74) is -0.0245. The third-order valence-electron chi connectivity index (χ3n) is 2.09. The van der Waals surface area contributed by atoms with Gasteiger partial charge in [-0.3, -0.25) is 0 Å². The van der Waals surface area contributed by atoms with Crippen molar-refractivity contribution >= 4 is 17.2 Å². The number of rotatable bonds is 3. The van der Waals surface area contributed by atoms with Crippen molar-refractivity contribution in [2.24, 2.45) is 4.40 Å². The Hall–Kier alpha value is -1.17. The van der Waals surface area contributed by atoms with Crippen LogP contribution in [-0.4, -0.2) is 15.2 Å². The molecule has 1 aromatic carbocycles. The number of hydrogen-bond acceptors (Lipinski definition) is 1. The Morgan fingerprint density at radius 1 is 1.17 bits per heavy atom. The standard InChI is InChI=1S/C12H14F3NOS/c1-12(2,3)18(17)16-5-4-8-6-10(14)11(15)7-9(8)13/h5-7H,4H2,1-3H3/b16-5+/t18-/m1/s1. The Bertz CT molecular complexity index is 495. The highest BCUT2D eigenvalue weighted by atomic mass is 32.2. The molecule has 6 heteroatoms. The lowest BCUT2D eigenvalue weighted by Crippen LogP contribution is -2.19. The van der Waals surface area contributed by atoms with Gasteiger partial charge in [0, 0.05) is 18.7 Å². The molecule has 0 aliphatic carbocycles. The summed E-state index contributed by atoms with van der Waals surface area (Å²) in [6, 6.07) is 1.26. The summed E-state index contributed by atoms with van der Waals surface area (Å²) >= 11 is 0. The monoisotopic (exact) mass is 277 g/mol. The van der Waals surface area contributed by atoms with Crippen molar-refractivity contribution in [3.63, 3.8) is 0 Å². The fourth-order valence-corrected chi connectivity index (χ4v) is 1.61. The summed E-state index contributed by atoms with van der Waals surface area (Å²) in [4.78, 5) is 0. The third kappa shape index (κ3) is 3.94. The van der Waals surface area contributed by atoms with Gasteiger partial charge < -0.3 is 0 Å². The van der Waals surface area contributed by atoms with Gasteiger partial charge in [0.15, 0.2) is 11.6 Å². The smallest absolute Gasteiger partial charge is 0.161 e. The molecule has 0 fully saturated rings. The van der Waals surface area contributed by atoms with E-state index in [1.54, 1.807) is 20.8 Å². The highest BCUT2D eigenvalue weighted by Crippen LogP contribution is 2.15. The maximum Gasteiger partial charge on any atom is 0.161 e. The van der Waals surface area contributed by atoms with Crippen molar-refractivity contribution in [3.05, 3.63) is 35.1 Å². The molecule has 0 aromatic heterocycles. The first-order chi connectivity index (χ1) is 8.21. The van der Waals surface area contributed by atoms with E-state index < -0.39 is 33.2 Å². The van der Waals surface area contributed by atoms with Crippen molar-refractivity contribution in [2.45, 2.75) is 31.9 Å². The van der Waals surface area contributed by atoms with Crippen LogP contribution in [0.4, 0.5) is 13.2 Å².